The van der Waals surface area contributed by atoms with E-state index >= 15 is 0 Å². The first-order valence-electron chi connectivity index (χ1n) is 3.69. The van der Waals surface area contributed by atoms with Crippen molar-refractivity contribution in [3.05, 3.63) is 35.7 Å². The van der Waals surface area contributed by atoms with E-state index in [1.807, 2.05) is 25.1 Å². The number of hydrogen-bond donors (Lipinski definition) is 2. The van der Waals surface area contributed by atoms with Crippen molar-refractivity contribution in [2.45, 2.75) is 6.92 Å². The largest absolute Gasteiger partial charge is 0.397 e. The van der Waals surface area contributed by atoms with E-state index in [4.69, 9.17) is 11.1 Å². The third-order valence-corrected chi connectivity index (χ3v) is 1.46. The van der Waals surface area contributed by atoms with Crippen molar-refractivity contribution in [1.29, 1.82) is 0 Å². The monoisotopic (exact) mass is 162 g/mol. The van der Waals surface area contributed by atoms with Crippen LogP contribution in [0.25, 0.3) is 5.70 Å². The van der Waals surface area contributed by atoms with Crippen LogP contribution in [0.3, 0.4) is 0 Å². The van der Waals surface area contributed by atoms with E-state index in [9.17, 15) is 0 Å². The Morgan fingerprint density at radius 3 is 2.92 bits per heavy atom. The lowest BCUT2D eigenvalue weighted by molar-refractivity contribution is -0.104. The molecular formula is C9H12N3+. The molecule has 0 aliphatic rings. The van der Waals surface area contributed by atoms with Gasteiger partial charge in [-0.05, 0) is 19.1 Å². The van der Waals surface area contributed by atoms with Crippen LogP contribution < -0.4 is 11.1 Å². The second-order valence-electron chi connectivity index (χ2n) is 2.48. The van der Waals surface area contributed by atoms with Crippen LogP contribution in [-0.2, 0) is 0 Å². The Morgan fingerprint density at radius 2 is 2.33 bits per heavy atom. The van der Waals surface area contributed by atoms with Gasteiger partial charge in [0.15, 0.2) is 6.21 Å². The van der Waals surface area contributed by atoms with E-state index < -0.39 is 0 Å². The highest BCUT2D eigenvalue weighted by Gasteiger charge is 1.96. The number of allylic oxidation sites excluding steroid dienone is 1. The molecule has 12 heavy (non-hydrogen) atoms. The fraction of sp³-hybridized carbons (Fsp3) is 0.111. The number of aryl methyl sites for hydroxylation is 1. The highest BCUT2D eigenvalue weighted by atomic mass is 14.8. The Kier molecular flexibility index (Phi) is 2.58. The molecular weight excluding hydrogens is 150 g/mol. The first-order valence-corrected chi connectivity index (χ1v) is 3.69. The molecule has 3 nitrogen and oxygen atoms in total. The Morgan fingerprint density at radius 1 is 1.58 bits per heavy atom. The summed E-state index contributed by atoms with van der Waals surface area (Å²) in [6.07, 6.45) is 3.03. The molecule has 0 aliphatic heterocycles. The molecule has 0 spiro atoms. The second kappa shape index (κ2) is 3.67. The molecule has 0 amide bonds. The predicted molar refractivity (Wildman–Crippen MR) is 49.1 cm³/mol. The molecule has 0 fully saturated rings. The molecule has 3 heteroatoms. The predicted octanol–water partition coefficient (Wildman–Crippen LogP) is -0.480. The first kappa shape index (κ1) is 8.46. The molecule has 0 bridgehead atoms. The van der Waals surface area contributed by atoms with Gasteiger partial charge in [-0.15, -0.1) is 0 Å². The quantitative estimate of drug-likeness (QED) is 0.577. The average molecular weight is 162 g/mol. The van der Waals surface area contributed by atoms with Crippen LogP contribution in [0.15, 0.2) is 24.3 Å². The minimum absolute atomic E-state index is 0.584. The van der Waals surface area contributed by atoms with Crippen LogP contribution in [-0.4, -0.2) is 11.2 Å². The molecule has 4 N–H and O–H groups in total. The van der Waals surface area contributed by atoms with Crippen LogP contribution in [0.1, 0.15) is 11.4 Å². The maximum Gasteiger partial charge on any atom is 0.162 e. The van der Waals surface area contributed by atoms with E-state index in [-0.39, 0.29) is 0 Å². The Hall–Kier alpha value is -1.64. The van der Waals surface area contributed by atoms with Crippen LogP contribution >= 0.6 is 0 Å². The van der Waals surface area contributed by atoms with Gasteiger partial charge in [0.05, 0.1) is 11.4 Å². The Balaban J connectivity index is 3.03. The molecule has 0 saturated heterocycles. The standard InChI is InChI=1S/C9H11N3/c1-7-3-2-4-9(12-7)8(11)5-6-10/h2-6,10H,11H2,1H3/p+1. The van der Waals surface area contributed by atoms with Gasteiger partial charge in [0.2, 0.25) is 0 Å². The minimum atomic E-state index is 0.584. The summed E-state index contributed by atoms with van der Waals surface area (Å²) in [5, 5.41) is 5.20. The molecule has 1 heterocycles. The third-order valence-electron chi connectivity index (χ3n) is 1.46. The average Bonchev–Trinajstić information content (AvgIpc) is 2.05. The summed E-state index contributed by atoms with van der Waals surface area (Å²) in [5.74, 6) is 0. The van der Waals surface area contributed by atoms with Crippen molar-refractivity contribution in [3.8, 4) is 0 Å². The summed E-state index contributed by atoms with van der Waals surface area (Å²) >= 11 is 0. The van der Waals surface area contributed by atoms with Gasteiger partial charge in [-0.1, -0.05) is 6.07 Å². The zero-order valence-corrected chi connectivity index (χ0v) is 6.99. The van der Waals surface area contributed by atoms with E-state index in [1.54, 1.807) is 6.08 Å². The highest BCUT2D eigenvalue weighted by molar-refractivity contribution is 5.78. The lowest BCUT2D eigenvalue weighted by atomic mass is 10.2. The molecule has 0 atom stereocenters. The van der Waals surface area contributed by atoms with E-state index in [2.05, 4.69) is 4.98 Å². The number of nitrogens with zero attached hydrogens (tertiary/aromatic N) is 1. The van der Waals surface area contributed by atoms with Gasteiger partial charge in [-0.25, -0.2) is 0 Å². The summed E-state index contributed by atoms with van der Waals surface area (Å²) in [7, 11) is 0. The van der Waals surface area contributed by atoms with E-state index in [0.717, 1.165) is 11.4 Å². The summed E-state index contributed by atoms with van der Waals surface area (Å²) in [6.45, 7) is 1.92. The Labute approximate surface area is 71.4 Å². The van der Waals surface area contributed by atoms with Gasteiger partial charge in [0, 0.05) is 11.8 Å². The molecule has 0 aromatic carbocycles. The molecule has 0 aliphatic carbocycles. The lowest BCUT2D eigenvalue weighted by Gasteiger charge is -1.99. The number of aromatic nitrogens is 1. The van der Waals surface area contributed by atoms with E-state index in [0.29, 0.717) is 5.70 Å². The summed E-state index contributed by atoms with van der Waals surface area (Å²) in [4.78, 5) is 4.22. The van der Waals surface area contributed by atoms with Gasteiger partial charge in [-0.3, -0.25) is 10.4 Å². The number of nitrogens with two attached hydrogens (primary N) is 2. The molecule has 62 valence electrons. The van der Waals surface area contributed by atoms with Crippen LogP contribution in [0.5, 0.6) is 0 Å². The van der Waals surface area contributed by atoms with Crippen LogP contribution in [0.4, 0.5) is 0 Å². The van der Waals surface area contributed by atoms with Crippen molar-refractivity contribution >= 4 is 11.9 Å². The van der Waals surface area contributed by atoms with Crippen molar-refractivity contribution in [3.63, 3.8) is 0 Å². The van der Waals surface area contributed by atoms with Gasteiger partial charge < -0.3 is 5.73 Å². The summed E-state index contributed by atoms with van der Waals surface area (Å²) in [6, 6.07) is 5.68. The molecule has 1 aromatic heterocycles. The Bertz CT molecular complexity index is 315. The highest BCUT2D eigenvalue weighted by Crippen LogP contribution is 2.04. The van der Waals surface area contributed by atoms with Gasteiger partial charge in [0.25, 0.3) is 0 Å². The fourth-order valence-corrected chi connectivity index (χ4v) is 0.893. The summed E-state index contributed by atoms with van der Waals surface area (Å²) < 4.78 is 0. The number of pyridine rings is 1. The van der Waals surface area contributed by atoms with E-state index in [1.165, 1.54) is 6.21 Å². The van der Waals surface area contributed by atoms with Crippen molar-refractivity contribution in [1.82, 2.24) is 4.98 Å². The lowest BCUT2D eigenvalue weighted by Crippen LogP contribution is -2.28. The smallest absolute Gasteiger partial charge is 0.162 e. The normalized spacial score (nSPS) is 11.2. The first-order chi connectivity index (χ1) is 5.74. The topological polar surface area (TPSA) is 64.5 Å². The molecule has 0 saturated carbocycles. The second-order valence-corrected chi connectivity index (χ2v) is 2.48. The van der Waals surface area contributed by atoms with Crippen molar-refractivity contribution < 1.29 is 5.41 Å². The van der Waals surface area contributed by atoms with Crippen LogP contribution in [0.2, 0.25) is 0 Å². The zero-order valence-electron chi connectivity index (χ0n) is 6.99. The number of rotatable bonds is 2. The molecule has 1 aromatic rings. The molecule has 0 radical (unpaired) electrons. The SMILES string of the molecule is Cc1cccc(C(N)=CC=[NH2+])n1. The fourth-order valence-electron chi connectivity index (χ4n) is 0.893. The minimum Gasteiger partial charge on any atom is -0.397 e. The van der Waals surface area contributed by atoms with Crippen molar-refractivity contribution in [2.75, 3.05) is 0 Å². The van der Waals surface area contributed by atoms with Gasteiger partial charge in [-0.2, -0.15) is 0 Å². The van der Waals surface area contributed by atoms with Gasteiger partial charge >= 0.3 is 0 Å². The number of hydrogen-bond acceptors (Lipinski definition) is 2. The zero-order chi connectivity index (χ0) is 8.97. The molecule has 0 unspecified atom stereocenters. The maximum absolute atomic E-state index is 5.66. The maximum atomic E-state index is 5.66. The van der Waals surface area contributed by atoms with Crippen molar-refractivity contribution in [2.24, 2.45) is 5.73 Å². The van der Waals surface area contributed by atoms with Gasteiger partial charge in [0.1, 0.15) is 0 Å². The van der Waals surface area contributed by atoms with Crippen LogP contribution in [0, 0.1) is 6.92 Å². The summed E-state index contributed by atoms with van der Waals surface area (Å²) in [5.41, 5.74) is 7.95. The molecule has 1 rings (SSSR count). The third kappa shape index (κ3) is 1.92.